The fourth-order valence-electron chi connectivity index (χ4n) is 1.95. The van der Waals surface area contributed by atoms with Gasteiger partial charge in [-0.15, -0.1) is 11.3 Å². The quantitative estimate of drug-likeness (QED) is 0.845. The zero-order valence-electron chi connectivity index (χ0n) is 10.8. The molecule has 2 rings (SSSR count). The number of aliphatic hydroxyl groups is 1. The lowest BCUT2D eigenvalue weighted by atomic mass is 10.1. The number of carbonyl (C=O) groups excluding carboxylic acids is 1. The molecule has 0 aromatic carbocycles. The van der Waals surface area contributed by atoms with Crippen LogP contribution in [0.1, 0.15) is 31.6 Å². The molecule has 1 fully saturated rings. The highest BCUT2D eigenvalue weighted by Gasteiger charge is 2.37. The van der Waals surface area contributed by atoms with E-state index >= 15 is 0 Å². The highest BCUT2D eigenvalue weighted by Crippen LogP contribution is 2.30. The van der Waals surface area contributed by atoms with Gasteiger partial charge in [0.1, 0.15) is 5.60 Å². The zero-order valence-corrected chi connectivity index (χ0v) is 11.6. The smallest absolute Gasteiger partial charge is 0.410 e. The molecule has 1 aromatic heterocycles. The van der Waals surface area contributed by atoms with Crippen molar-refractivity contribution in [2.24, 2.45) is 0 Å². The maximum Gasteiger partial charge on any atom is 0.410 e. The first-order chi connectivity index (χ1) is 8.37. The van der Waals surface area contributed by atoms with Crippen LogP contribution in [-0.2, 0) is 4.74 Å². The number of aliphatic hydroxyl groups excluding tert-OH is 1. The molecule has 1 N–H and O–H groups in total. The molecule has 0 aliphatic carbocycles. The number of thiazole rings is 1. The van der Waals surface area contributed by atoms with E-state index in [0.717, 1.165) is 4.88 Å². The van der Waals surface area contributed by atoms with Gasteiger partial charge in [-0.1, -0.05) is 0 Å². The summed E-state index contributed by atoms with van der Waals surface area (Å²) in [7, 11) is 0. The third-order valence-corrected chi connectivity index (χ3v) is 3.67. The summed E-state index contributed by atoms with van der Waals surface area (Å²) in [5, 5.41) is 10.0. The molecule has 1 amide bonds. The minimum Gasteiger partial charge on any atom is -0.444 e. The molecule has 1 saturated heterocycles. The molecule has 0 bridgehead atoms. The van der Waals surface area contributed by atoms with Crippen LogP contribution in [-0.4, -0.2) is 45.9 Å². The molecule has 0 radical (unpaired) electrons. The van der Waals surface area contributed by atoms with Crippen molar-refractivity contribution < 1.29 is 14.6 Å². The summed E-state index contributed by atoms with van der Waals surface area (Å²) >= 11 is 1.50. The summed E-state index contributed by atoms with van der Waals surface area (Å²) in [5.74, 6) is -0.0509. The van der Waals surface area contributed by atoms with Gasteiger partial charge in [-0.3, -0.25) is 4.98 Å². The third kappa shape index (κ3) is 3.00. The van der Waals surface area contributed by atoms with Crippen molar-refractivity contribution in [3.63, 3.8) is 0 Å². The predicted octanol–water partition coefficient (Wildman–Crippen LogP) is 1.84. The standard InChI is InChI=1S/C12H18N2O3S/c1-12(2,3)17-11(16)14-5-8(9(15)6-14)10-4-13-7-18-10/h4,7-9,15H,5-6H2,1-3H3/t8-,9-/m1/s1. The number of amides is 1. The van der Waals surface area contributed by atoms with Gasteiger partial charge in [0.2, 0.25) is 0 Å². The normalized spacial score (nSPS) is 24.3. The molecule has 1 aliphatic heterocycles. The Bertz CT molecular complexity index is 413. The first kappa shape index (κ1) is 13.3. The fraction of sp³-hybridized carbons (Fsp3) is 0.667. The Morgan fingerprint density at radius 1 is 1.56 bits per heavy atom. The van der Waals surface area contributed by atoms with E-state index in [4.69, 9.17) is 4.74 Å². The van der Waals surface area contributed by atoms with Gasteiger partial charge in [-0.05, 0) is 20.8 Å². The van der Waals surface area contributed by atoms with E-state index in [9.17, 15) is 9.90 Å². The number of likely N-dealkylation sites (tertiary alicyclic amines) is 1. The van der Waals surface area contributed by atoms with Crippen molar-refractivity contribution in [1.29, 1.82) is 0 Å². The van der Waals surface area contributed by atoms with E-state index in [1.165, 1.54) is 11.3 Å². The first-order valence-electron chi connectivity index (χ1n) is 5.91. The van der Waals surface area contributed by atoms with Crippen LogP contribution in [0.15, 0.2) is 11.7 Å². The molecule has 0 spiro atoms. The van der Waals surface area contributed by atoms with Crippen LogP contribution in [0.3, 0.4) is 0 Å². The highest BCUT2D eigenvalue weighted by atomic mass is 32.1. The van der Waals surface area contributed by atoms with Crippen LogP contribution in [0.25, 0.3) is 0 Å². The van der Waals surface area contributed by atoms with Gasteiger partial charge in [0.15, 0.2) is 0 Å². The van der Waals surface area contributed by atoms with Crippen molar-refractivity contribution in [3.8, 4) is 0 Å². The van der Waals surface area contributed by atoms with Crippen LogP contribution in [0.5, 0.6) is 0 Å². The van der Waals surface area contributed by atoms with E-state index in [1.807, 2.05) is 20.8 Å². The van der Waals surface area contributed by atoms with Crippen LogP contribution in [0.2, 0.25) is 0 Å². The van der Waals surface area contributed by atoms with Crippen LogP contribution in [0, 0.1) is 0 Å². The molecular weight excluding hydrogens is 252 g/mol. The summed E-state index contributed by atoms with van der Waals surface area (Å²) in [4.78, 5) is 18.5. The monoisotopic (exact) mass is 270 g/mol. The first-order valence-corrected chi connectivity index (χ1v) is 6.79. The van der Waals surface area contributed by atoms with Crippen molar-refractivity contribution >= 4 is 17.4 Å². The Morgan fingerprint density at radius 3 is 2.83 bits per heavy atom. The van der Waals surface area contributed by atoms with E-state index in [2.05, 4.69) is 4.98 Å². The second-order valence-electron chi connectivity index (χ2n) is 5.46. The summed E-state index contributed by atoms with van der Waals surface area (Å²) in [6, 6.07) is 0. The minimum absolute atomic E-state index is 0.0509. The minimum atomic E-state index is -0.544. The number of hydrogen-bond donors (Lipinski definition) is 1. The SMILES string of the molecule is CC(C)(C)OC(=O)N1C[C@@H](O)[C@H](c2cncs2)C1. The van der Waals surface area contributed by atoms with Crippen molar-refractivity contribution in [2.45, 2.75) is 38.4 Å². The largest absolute Gasteiger partial charge is 0.444 e. The Hall–Kier alpha value is -1.14. The van der Waals surface area contributed by atoms with Gasteiger partial charge in [0.05, 0.1) is 18.2 Å². The summed E-state index contributed by atoms with van der Waals surface area (Å²) < 4.78 is 5.30. The number of rotatable bonds is 1. The molecule has 2 heterocycles. The molecule has 18 heavy (non-hydrogen) atoms. The van der Waals surface area contributed by atoms with Crippen molar-refractivity contribution in [2.75, 3.05) is 13.1 Å². The maximum atomic E-state index is 11.9. The summed E-state index contributed by atoms with van der Waals surface area (Å²) in [5.41, 5.74) is 1.22. The van der Waals surface area contributed by atoms with E-state index in [0.29, 0.717) is 13.1 Å². The van der Waals surface area contributed by atoms with Crippen LogP contribution < -0.4 is 0 Å². The van der Waals surface area contributed by atoms with Gasteiger partial charge in [-0.2, -0.15) is 0 Å². The molecule has 0 unspecified atom stereocenters. The second-order valence-corrected chi connectivity index (χ2v) is 6.38. The Balaban J connectivity index is 2.00. The third-order valence-electron chi connectivity index (χ3n) is 2.76. The number of nitrogens with zero attached hydrogens (tertiary/aromatic N) is 2. The van der Waals surface area contributed by atoms with Crippen molar-refractivity contribution in [1.82, 2.24) is 9.88 Å². The summed E-state index contributed by atoms with van der Waals surface area (Å²) in [6.45, 7) is 6.30. The van der Waals surface area contributed by atoms with Gasteiger partial charge in [-0.25, -0.2) is 4.79 Å². The Kier molecular flexibility index (Phi) is 3.59. The maximum absolute atomic E-state index is 11.9. The Morgan fingerprint density at radius 2 is 2.28 bits per heavy atom. The molecule has 2 atom stereocenters. The molecule has 5 nitrogen and oxygen atoms in total. The van der Waals surface area contributed by atoms with E-state index in [-0.39, 0.29) is 12.0 Å². The number of β-amino-alcohol motifs (C(OH)–C–C–N with tert-alkyl or cyclic N) is 1. The van der Waals surface area contributed by atoms with E-state index < -0.39 is 11.7 Å². The van der Waals surface area contributed by atoms with Crippen LogP contribution >= 0.6 is 11.3 Å². The summed E-state index contributed by atoms with van der Waals surface area (Å²) in [6.07, 6.45) is 0.837. The second kappa shape index (κ2) is 4.85. The lowest BCUT2D eigenvalue weighted by Gasteiger charge is -2.24. The molecule has 6 heteroatoms. The van der Waals surface area contributed by atoms with Gasteiger partial charge < -0.3 is 14.7 Å². The zero-order chi connectivity index (χ0) is 13.3. The highest BCUT2D eigenvalue weighted by molar-refractivity contribution is 7.09. The molecule has 1 aliphatic rings. The topological polar surface area (TPSA) is 62.7 Å². The van der Waals surface area contributed by atoms with Crippen molar-refractivity contribution in [3.05, 3.63) is 16.6 Å². The molecule has 0 saturated carbocycles. The Labute approximate surface area is 110 Å². The molecule has 100 valence electrons. The van der Waals surface area contributed by atoms with Gasteiger partial charge in [0.25, 0.3) is 0 Å². The van der Waals surface area contributed by atoms with Crippen LogP contribution in [0.4, 0.5) is 4.79 Å². The average Bonchev–Trinajstić information content (AvgIpc) is 2.82. The number of carbonyl (C=O) groups is 1. The van der Waals surface area contributed by atoms with Gasteiger partial charge in [0, 0.05) is 23.5 Å². The van der Waals surface area contributed by atoms with E-state index in [1.54, 1.807) is 16.6 Å². The number of aromatic nitrogens is 1. The lowest BCUT2D eigenvalue weighted by Crippen LogP contribution is -2.35. The lowest BCUT2D eigenvalue weighted by molar-refractivity contribution is 0.0270. The average molecular weight is 270 g/mol. The molecule has 1 aromatic rings. The fourth-order valence-corrected chi connectivity index (χ4v) is 2.72. The number of ether oxygens (including phenoxy) is 1. The molecular formula is C12H18N2O3S. The number of hydrogen-bond acceptors (Lipinski definition) is 5. The predicted molar refractivity (Wildman–Crippen MR) is 68.7 cm³/mol. The van der Waals surface area contributed by atoms with Gasteiger partial charge >= 0.3 is 6.09 Å².